The third-order valence-corrected chi connectivity index (χ3v) is 4.17. The minimum Gasteiger partial charge on any atom is -0.391 e. The Morgan fingerprint density at radius 1 is 1.30 bits per heavy atom. The zero-order valence-corrected chi connectivity index (χ0v) is 11.9. The summed E-state index contributed by atoms with van der Waals surface area (Å²) in [7, 11) is 0. The lowest BCUT2D eigenvalue weighted by molar-refractivity contribution is 0.0920. The van der Waals surface area contributed by atoms with E-state index >= 15 is 0 Å². The molecule has 1 aromatic rings. The van der Waals surface area contributed by atoms with Crippen molar-refractivity contribution in [1.29, 1.82) is 0 Å². The highest BCUT2D eigenvalue weighted by Crippen LogP contribution is 2.30. The van der Waals surface area contributed by atoms with Crippen molar-refractivity contribution in [2.45, 2.75) is 38.1 Å². The fourth-order valence-corrected chi connectivity index (χ4v) is 2.78. The summed E-state index contributed by atoms with van der Waals surface area (Å²) in [6.45, 7) is 1.48. The SMILES string of the molecule is Cc1cc(C(=O)NC2(C(N)=S)CCCC2)c(F)cc1F. The Labute approximate surface area is 121 Å². The van der Waals surface area contributed by atoms with Gasteiger partial charge in [-0.1, -0.05) is 25.1 Å². The number of hydrogen-bond acceptors (Lipinski definition) is 2. The molecule has 1 aromatic carbocycles. The summed E-state index contributed by atoms with van der Waals surface area (Å²) < 4.78 is 26.9. The molecule has 3 nitrogen and oxygen atoms in total. The van der Waals surface area contributed by atoms with E-state index in [4.69, 9.17) is 18.0 Å². The Morgan fingerprint density at radius 2 is 1.90 bits per heavy atom. The molecule has 0 atom stereocenters. The lowest BCUT2D eigenvalue weighted by atomic mass is 9.96. The lowest BCUT2D eigenvalue weighted by Gasteiger charge is -2.29. The predicted octanol–water partition coefficient (Wildman–Crippen LogP) is 2.60. The van der Waals surface area contributed by atoms with Crippen LogP contribution in [0.4, 0.5) is 8.78 Å². The highest BCUT2D eigenvalue weighted by molar-refractivity contribution is 7.80. The van der Waals surface area contributed by atoms with E-state index in [1.165, 1.54) is 13.0 Å². The maximum Gasteiger partial charge on any atom is 0.255 e. The predicted molar refractivity (Wildman–Crippen MR) is 76.5 cm³/mol. The van der Waals surface area contributed by atoms with Gasteiger partial charge in [-0.05, 0) is 31.4 Å². The van der Waals surface area contributed by atoms with Gasteiger partial charge in [0.05, 0.1) is 16.1 Å². The van der Waals surface area contributed by atoms with Crippen LogP contribution in [0.15, 0.2) is 12.1 Å². The molecule has 1 fully saturated rings. The van der Waals surface area contributed by atoms with Crippen molar-refractivity contribution in [2.24, 2.45) is 5.73 Å². The summed E-state index contributed by atoms with van der Waals surface area (Å²) in [5.41, 5.74) is 4.99. The standard InChI is InChI=1S/C14H16F2N2OS/c1-8-6-9(11(16)7-10(8)15)12(19)18-14(13(17)20)4-2-3-5-14/h6-7H,2-5H2,1H3,(H2,17,20)(H,18,19). The van der Waals surface area contributed by atoms with Crippen molar-refractivity contribution in [3.05, 3.63) is 34.9 Å². The molecule has 1 aliphatic rings. The number of benzene rings is 1. The van der Waals surface area contributed by atoms with Crippen molar-refractivity contribution in [2.75, 3.05) is 0 Å². The van der Waals surface area contributed by atoms with E-state index in [2.05, 4.69) is 5.32 Å². The molecule has 2 rings (SSSR count). The maximum atomic E-state index is 13.7. The third kappa shape index (κ3) is 2.65. The molecule has 0 aliphatic heterocycles. The van der Waals surface area contributed by atoms with E-state index in [0.717, 1.165) is 12.8 Å². The van der Waals surface area contributed by atoms with E-state index in [1.807, 2.05) is 0 Å². The largest absolute Gasteiger partial charge is 0.391 e. The number of nitrogens with one attached hydrogen (secondary N) is 1. The van der Waals surface area contributed by atoms with Gasteiger partial charge < -0.3 is 11.1 Å². The van der Waals surface area contributed by atoms with Gasteiger partial charge in [-0.3, -0.25) is 4.79 Å². The molecule has 0 heterocycles. The van der Waals surface area contributed by atoms with Crippen molar-refractivity contribution in [3.63, 3.8) is 0 Å². The number of amides is 1. The van der Waals surface area contributed by atoms with Crippen LogP contribution in [-0.2, 0) is 0 Å². The van der Waals surface area contributed by atoms with Gasteiger partial charge in [0.15, 0.2) is 0 Å². The van der Waals surface area contributed by atoms with Gasteiger partial charge in [0.2, 0.25) is 0 Å². The van der Waals surface area contributed by atoms with Crippen molar-refractivity contribution in [3.8, 4) is 0 Å². The van der Waals surface area contributed by atoms with E-state index in [-0.39, 0.29) is 16.1 Å². The average molecular weight is 298 g/mol. The number of carbonyl (C=O) groups is 1. The van der Waals surface area contributed by atoms with Crippen LogP contribution in [0.3, 0.4) is 0 Å². The van der Waals surface area contributed by atoms with Crippen LogP contribution in [-0.4, -0.2) is 16.4 Å². The minimum atomic E-state index is -0.887. The van der Waals surface area contributed by atoms with Crippen molar-refractivity contribution in [1.82, 2.24) is 5.32 Å². The van der Waals surface area contributed by atoms with Crippen LogP contribution in [0.25, 0.3) is 0 Å². The molecule has 1 saturated carbocycles. The first-order chi connectivity index (χ1) is 9.35. The molecule has 3 N–H and O–H groups in total. The zero-order chi connectivity index (χ0) is 14.9. The Morgan fingerprint density at radius 3 is 2.45 bits per heavy atom. The molecule has 1 amide bonds. The number of hydrogen-bond donors (Lipinski definition) is 2. The normalized spacial score (nSPS) is 16.9. The number of aryl methyl sites for hydroxylation is 1. The summed E-state index contributed by atoms with van der Waals surface area (Å²) in [5.74, 6) is -2.18. The van der Waals surface area contributed by atoms with Crippen molar-refractivity contribution >= 4 is 23.1 Å². The molecular formula is C14H16F2N2OS. The number of thiocarbonyl (C=S) groups is 1. The van der Waals surface area contributed by atoms with Gasteiger partial charge in [-0.15, -0.1) is 0 Å². The second-order valence-corrected chi connectivity index (χ2v) is 5.63. The Kier molecular flexibility index (Phi) is 4.04. The maximum absolute atomic E-state index is 13.7. The quantitative estimate of drug-likeness (QED) is 0.843. The van der Waals surface area contributed by atoms with Gasteiger partial charge in [0, 0.05) is 6.07 Å². The monoisotopic (exact) mass is 298 g/mol. The summed E-state index contributed by atoms with van der Waals surface area (Å²) in [5, 5.41) is 2.73. The number of halogens is 2. The van der Waals surface area contributed by atoms with Gasteiger partial charge in [0.25, 0.3) is 5.91 Å². The van der Waals surface area contributed by atoms with E-state index in [9.17, 15) is 13.6 Å². The lowest BCUT2D eigenvalue weighted by Crippen LogP contribution is -2.54. The van der Waals surface area contributed by atoms with Crippen LogP contribution in [0.2, 0.25) is 0 Å². The van der Waals surface area contributed by atoms with Crippen LogP contribution in [0.1, 0.15) is 41.6 Å². The summed E-state index contributed by atoms with van der Waals surface area (Å²) in [6.07, 6.45) is 3.11. The third-order valence-electron chi connectivity index (χ3n) is 3.77. The molecule has 1 aliphatic carbocycles. The van der Waals surface area contributed by atoms with Crippen LogP contribution < -0.4 is 11.1 Å². The second kappa shape index (κ2) is 5.44. The summed E-state index contributed by atoms with van der Waals surface area (Å²) >= 11 is 5.02. The fraction of sp³-hybridized carbons (Fsp3) is 0.429. The van der Waals surface area contributed by atoms with Crippen LogP contribution in [0.5, 0.6) is 0 Å². The first-order valence-electron chi connectivity index (χ1n) is 6.44. The molecule has 0 bridgehead atoms. The average Bonchev–Trinajstić information content (AvgIpc) is 2.83. The molecule has 108 valence electrons. The number of rotatable bonds is 3. The van der Waals surface area contributed by atoms with E-state index in [0.29, 0.717) is 18.9 Å². The topological polar surface area (TPSA) is 55.1 Å². The van der Waals surface area contributed by atoms with E-state index < -0.39 is 23.1 Å². The number of carbonyl (C=O) groups excluding carboxylic acids is 1. The first-order valence-corrected chi connectivity index (χ1v) is 6.84. The molecule has 20 heavy (non-hydrogen) atoms. The Hall–Kier alpha value is -1.56. The highest BCUT2D eigenvalue weighted by Gasteiger charge is 2.38. The highest BCUT2D eigenvalue weighted by atomic mass is 32.1. The van der Waals surface area contributed by atoms with Crippen LogP contribution in [0, 0.1) is 18.6 Å². The van der Waals surface area contributed by atoms with Gasteiger partial charge in [-0.25, -0.2) is 8.78 Å². The number of nitrogens with two attached hydrogens (primary N) is 1. The van der Waals surface area contributed by atoms with Crippen molar-refractivity contribution < 1.29 is 13.6 Å². The molecule has 0 unspecified atom stereocenters. The van der Waals surface area contributed by atoms with Gasteiger partial charge >= 0.3 is 0 Å². The molecule has 0 saturated heterocycles. The molecule has 0 aromatic heterocycles. The molecular weight excluding hydrogens is 282 g/mol. The van der Waals surface area contributed by atoms with Gasteiger partial charge in [0.1, 0.15) is 11.6 Å². The molecule has 0 spiro atoms. The summed E-state index contributed by atoms with van der Waals surface area (Å²) in [6, 6.07) is 1.91. The van der Waals surface area contributed by atoms with E-state index in [1.54, 1.807) is 0 Å². The first kappa shape index (κ1) is 14.8. The molecule has 6 heteroatoms. The van der Waals surface area contributed by atoms with Gasteiger partial charge in [-0.2, -0.15) is 0 Å². The Balaban J connectivity index is 2.28. The minimum absolute atomic E-state index is 0.188. The summed E-state index contributed by atoms with van der Waals surface area (Å²) in [4.78, 5) is 12.4. The fourth-order valence-electron chi connectivity index (χ4n) is 2.53. The Bertz CT molecular complexity index is 569. The second-order valence-electron chi connectivity index (χ2n) is 5.19. The van der Waals surface area contributed by atoms with Crippen LogP contribution >= 0.6 is 12.2 Å². The molecule has 0 radical (unpaired) electrons. The smallest absolute Gasteiger partial charge is 0.255 e. The zero-order valence-electron chi connectivity index (χ0n) is 11.1.